The Hall–Kier alpha value is -3.70. The Morgan fingerprint density at radius 3 is 2.27 bits per heavy atom. The maximum absolute atomic E-state index is 12.7. The van der Waals surface area contributed by atoms with Crippen LogP contribution in [0.5, 0.6) is 0 Å². The van der Waals surface area contributed by atoms with Crippen molar-refractivity contribution in [2.75, 3.05) is 11.3 Å². The van der Waals surface area contributed by atoms with Crippen molar-refractivity contribution in [1.82, 2.24) is 4.98 Å². The molecule has 1 N–H and O–H groups in total. The van der Waals surface area contributed by atoms with Crippen LogP contribution >= 0.6 is 0 Å². The van der Waals surface area contributed by atoms with Gasteiger partial charge in [0.15, 0.2) is 5.69 Å². The van der Waals surface area contributed by atoms with Gasteiger partial charge in [0.1, 0.15) is 5.82 Å². The van der Waals surface area contributed by atoms with Gasteiger partial charge in [-0.1, -0.05) is 42.5 Å². The molecule has 152 valence electrons. The van der Waals surface area contributed by atoms with E-state index in [-0.39, 0.29) is 23.7 Å². The molecule has 0 spiro atoms. The number of esters is 1. The van der Waals surface area contributed by atoms with Crippen LogP contribution in [0.4, 0.5) is 11.5 Å². The van der Waals surface area contributed by atoms with Gasteiger partial charge in [-0.25, -0.2) is 18.2 Å². The molecule has 0 fully saturated rings. The SMILES string of the molecule is [C-]#[N+]c1ccc(-c2ccc(S(=O)(=O)Nc3cccc(CC(=O)OCC)n3)cc2)cc1. The quantitative estimate of drug-likeness (QED) is 0.456. The second-order valence-electron chi connectivity index (χ2n) is 6.28. The van der Waals surface area contributed by atoms with Crippen molar-refractivity contribution >= 4 is 27.5 Å². The molecule has 0 radical (unpaired) electrons. The third-order valence-electron chi connectivity index (χ3n) is 4.17. The Balaban J connectivity index is 1.75. The Morgan fingerprint density at radius 2 is 1.67 bits per heavy atom. The third-order valence-corrected chi connectivity index (χ3v) is 5.54. The normalized spacial score (nSPS) is 10.8. The molecule has 0 bridgehead atoms. The summed E-state index contributed by atoms with van der Waals surface area (Å²) in [5.41, 5.74) is 2.67. The number of hydrogen-bond donors (Lipinski definition) is 1. The van der Waals surface area contributed by atoms with Crippen molar-refractivity contribution in [3.63, 3.8) is 0 Å². The van der Waals surface area contributed by atoms with Crippen LogP contribution in [0.1, 0.15) is 12.6 Å². The van der Waals surface area contributed by atoms with Crippen LogP contribution in [0, 0.1) is 6.57 Å². The van der Waals surface area contributed by atoms with E-state index in [2.05, 4.69) is 14.6 Å². The molecule has 0 atom stereocenters. The molecule has 30 heavy (non-hydrogen) atoms. The van der Waals surface area contributed by atoms with E-state index in [1.807, 2.05) is 12.1 Å². The Morgan fingerprint density at radius 1 is 1.03 bits per heavy atom. The predicted molar refractivity (Wildman–Crippen MR) is 114 cm³/mol. The van der Waals surface area contributed by atoms with Crippen LogP contribution in [0.15, 0.2) is 71.6 Å². The molecule has 3 aromatic rings. The first-order valence-corrected chi connectivity index (χ1v) is 10.6. The minimum atomic E-state index is -3.85. The summed E-state index contributed by atoms with van der Waals surface area (Å²) < 4.78 is 32.7. The maximum atomic E-state index is 12.7. The van der Waals surface area contributed by atoms with Crippen LogP contribution in [0.2, 0.25) is 0 Å². The van der Waals surface area contributed by atoms with E-state index in [1.54, 1.807) is 43.3 Å². The van der Waals surface area contributed by atoms with Gasteiger partial charge in [0.05, 0.1) is 30.2 Å². The molecule has 1 aromatic heterocycles. The smallest absolute Gasteiger partial charge is 0.311 e. The number of rotatable bonds is 7. The highest BCUT2D eigenvalue weighted by molar-refractivity contribution is 7.92. The van der Waals surface area contributed by atoms with Gasteiger partial charge >= 0.3 is 5.97 Å². The molecule has 0 aliphatic heterocycles. The summed E-state index contributed by atoms with van der Waals surface area (Å²) in [6, 6.07) is 18.2. The molecular weight excluding hydrogens is 402 g/mol. The topological polar surface area (TPSA) is 89.7 Å². The average Bonchev–Trinajstić information content (AvgIpc) is 2.74. The van der Waals surface area contributed by atoms with Crippen LogP contribution in [-0.2, 0) is 26.0 Å². The molecule has 0 saturated heterocycles. The number of sulfonamides is 1. The highest BCUT2D eigenvalue weighted by Gasteiger charge is 2.16. The molecule has 7 nitrogen and oxygen atoms in total. The van der Waals surface area contributed by atoms with E-state index in [4.69, 9.17) is 11.3 Å². The van der Waals surface area contributed by atoms with Crippen LogP contribution in [0.3, 0.4) is 0 Å². The van der Waals surface area contributed by atoms with Gasteiger partial charge in [0.2, 0.25) is 0 Å². The number of carbonyl (C=O) groups excluding carboxylic acids is 1. The molecule has 2 aromatic carbocycles. The molecular formula is C22H19N3O4S. The van der Waals surface area contributed by atoms with Crippen molar-refractivity contribution in [3.05, 3.63) is 83.8 Å². The number of nitrogens with zero attached hydrogens (tertiary/aromatic N) is 2. The summed E-state index contributed by atoms with van der Waals surface area (Å²) in [6.07, 6.45) is -0.0373. The van der Waals surface area contributed by atoms with Gasteiger partial charge in [-0.3, -0.25) is 9.52 Å². The third kappa shape index (κ3) is 5.21. The lowest BCUT2D eigenvalue weighted by Crippen LogP contribution is -2.15. The summed E-state index contributed by atoms with van der Waals surface area (Å²) in [6.45, 7) is 8.98. The zero-order chi connectivity index (χ0) is 21.6. The number of ether oxygens (including phenoxy) is 1. The summed E-state index contributed by atoms with van der Waals surface area (Å²) in [5, 5.41) is 0. The van der Waals surface area contributed by atoms with Gasteiger partial charge in [-0.15, -0.1) is 0 Å². The van der Waals surface area contributed by atoms with Crippen molar-refractivity contribution in [2.45, 2.75) is 18.2 Å². The van der Waals surface area contributed by atoms with Crippen molar-refractivity contribution < 1.29 is 17.9 Å². The number of hydrogen-bond acceptors (Lipinski definition) is 5. The largest absolute Gasteiger partial charge is 0.466 e. The zero-order valence-corrected chi connectivity index (χ0v) is 17.0. The highest BCUT2D eigenvalue weighted by Crippen LogP contribution is 2.24. The number of carbonyl (C=O) groups is 1. The minimum absolute atomic E-state index is 0.0373. The van der Waals surface area contributed by atoms with Crippen LogP contribution < -0.4 is 4.72 Å². The lowest BCUT2D eigenvalue weighted by atomic mass is 10.1. The Labute approximate surface area is 175 Å². The van der Waals surface area contributed by atoms with Gasteiger partial charge in [-0.05, 0) is 42.3 Å². The lowest BCUT2D eigenvalue weighted by molar-refractivity contribution is -0.142. The van der Waals surface area contributed by atoms with E-state index in [0.29, 0.717) is 11.4 Å². The summed E-state index contributed by atoms with van der Waals surface area (Å²) in [7, 11) is -3.85. The standard InChI is InChI=1S/C22H19N3O4S/c1-3-29-22(26)15-19-5-4-6-21(24-19)25-30(27,28)20-13-9-17(10-14-20)16-7-11-18(23-2)12-8-16/h4-14H,3,15H2,1H3,(H,24,25). The zero-order valence-electron chi connectivity index (χ0n) is 16.2. The first kappa shape index (κ1) is 21.0. The Bertz CT molecular complexity index is 1180. The van der Waals surface area contributed by atoms with Gasteiger partial charge in [0.25, 0.3) is 10.0 Å². The van der Waals surface area contributed by atoms with Crippen LogP contribution in [-0.4, -0.2) is 26.0 Å². The van der Waals surface area contributed by atoms with E-state index < -0.39 is 16.0 Å². The van der Waals surface area contributed by atoms with Crippen LogP contribution in [0.25, 0.3) is 16.0 Å². The number of nitrogens with one attached hydrogen (secondary N) is 1. The molecule has 0 amide bonds. The second-order valence-corrected chi connectivity index (χ2v) is 7.97. The number of pyridine rings is 1. The minimum Gasteiger partial charge on any atom is -0.466 e. The highest BCUT2D eigenvalue weighted by atomic mass is 32.2. The molecule has 8 heteroatoms. The maximum Gasteiger partial charge on any atom is 0.311 e. The average molecular weight is 421 g/mol. The fraction of sp³-hybridized carbons (Fsp3) is 0.136. The molecule has 0 saturated carbocycles. The van der Waals surface area contributed by atoms with Gasteiger partial charge in [0, 0.05) is 0 Å². The van der Waals surface area contributed by atoms with E-state index in [1.165, 1.54) is 18.2 Å². The molecule has 0 aliphatic rings. The van der Waals surface area contributed by atoms with Gasteiger partial charge in [-0.2, -0.15) is 0 Å². The fourth-order valence-electron chi connectivity index (χ4n) is 2.75. The van der Waals surface area contributed by atoms with Crippen molar-refractivity contribution in [1.29, 1.82) is 0 Å². The lowest BCUT2D eigenvalue weighted by Gasteiger charge is -2.10. The second kappa shape index (κ2) is 9.20. The van der Waals surface area contributed by atoms with Crippen molar-refractivity contribution in [2.24, 2.45) is 0 Å². The molecule has 0 aliphatic carbocycles. The van der Waals surface area contributed by atoms with Crippen molar-refractivity contribution in [3.8, 4) is 11.1 Å². The van der Waals surface area contributed by atoms with E-state index >= 15 is 0 Å². The number of aromatic nitrogens is 1. The summed E-state index contributed by atoms with van der Waals surface area (Å²) in [4.78, 5) is 19.2. The first-order valence-electron chi connectivity index (χ1n) is 9.13. The molecule has 0 unspecified atom stereocenters. The summed E-state index contributed by atoms with van der Waals surface area (Å²) >= 11 is 0. The molecule has 3 rings (SSSR count). The van der Waals surface area contributed by atoms with Gasteiger partial charge < -0.3 is 4.74 Å². The fourth-order valence-corrected chi connectivity index (χ4v) is 3.75. The Kier molecular flexibility index (Phi) is 6.45. The first-order chi connectivity index (χ1) is 14.4. The number of anilines is 1. The number of benzene rings is 2. The monoisotopic (exact) mass is 421 g/mol. The van der Waals surface area contributed by atoms with E-state index in [0.717, 1.165) is 11.1 Å². The summed E-state index contributed by atoms with van der Waals surface area (Å²) in [5.74, 6) is -0.305. The molecule has 1 heterocycles. The van der Waals surface area contributed by atoms with E-state index in [9.17, 15) is 13.2 Å². The predicted octanol–water partition coefficient (Wildman–Crippen LogP) is 4.21.